The smallest absolute Gasteiger partial charge is 0.254 e. The van der Waals surface area contributed by atoms with Gasteiger partial charge in [-0.1, -0.05) is 24.3 Å². The van der Waals surface area contributed by atoms with E-state index in [0.29, 0.717) is 35.7 Å². The third-order valence-electron chi connectivity index (χ3n) is 5.40. The van der Waals surface area contributed by atoms with Crippen molar-refractivity contribution in [2.75, 3.05) is 0 Å². The normalized spacial score (nSPS) is 18.1. The van der Waals surface area contributed by atoms with Gasteiger partial charge in [0.2, 0.25) is 11.8 Å². The molecule has 1 N–H and O–H groups in total. The Morgan fingerprint density at radius 3 is 2.78 bits per heavy atom. The van der Waals surface area contributed by atoms with Crippen molar-refractivity contribution >= 4 is 5.57 Å². The second-order valence-corrected chi connectivity index (χ2v) is 7.67. The first-order valence-corrected chi connectivity index (χ1v) is 9.32. The fraction of sp³-hybridized carbons (Fsp3) is 0.476. The largest absolute Gasteiger partial charge is 0.421 e. The molecule has 0 amide bonds. The van der Waals surface area contributed by atoms with Crippen LogP contribution in [0.4, 0.5) is 0 Å². The Morgan fingerprint density at radius 1 is 1.41 bits per heavy atom. The van der Waals surface area contributed by atoms with Crippen LogP contribution in [0.3, 0.4) is 0 Å². The maximum Gasteiger partial charge on any atom is 0.254 e. The zero-order chi connectivity index (χ0) is 19.3. The van der Waals surface area contributed by atoms with E-state index in [1.165, 1.54) is 0 Å². The SMILES string of the molecule is CCc1nnc(C2=C(C)Cc3c2c(C#CC(C)(O)C2CC2)cn(C)c3=O)o1. The van der Waals surface area contributed by atoms with Gasteiger partial charge in [0.25, 0.3) is 5.56 Å². The minimum atomic E-state index is -1.01. The number of rotatable bonds is 3. The number of nitrogens with zero attached hydrogens (tertiary/aromatic N) is 3. The molecule has 1 atom stereocenters. The van der Waals surface area contributed by atoms with Crippen molar-refractivity contribution in [2.45, 2.75) is 52.1 Å². The summed E-state index contributed by atoms with van der Waals surface area (Å²) in [7, 11) is 1.72. The zero-order valence-corrected chi connectivity index (χ0v) is 16.1. The van der Waals surface area contributed by atoms with Gasteiger partial charge in [0.05, 0.1) is 0 Å². The van der Waals surface area contributed by atoms with E-state index >= 15 is 0 Å². The van der Waals surface area contributed by atoms with Crippen LogP contribution in [0.2, 0.25) is 0 Å². The average Bonchev–Trinajstić information content (AvgIpc) is 3.30. The van der Waals surface area contributed by atoms with Crippen LogP contribution in [0.15, 0.2) is 21.0 Å². The second kappa shape index (κ2) is 6.21. The van der Waals surface area contributed by atoms with E-state index in [1.807, 2.05) is 13.8 Å². The monoisotopic (exact) mass is 365 g/mol. The molecule has 2 aromatic rings. The lowest BCUT2D eigenvalue weighted by Crippen LogP contribution is -2.25. The first-order chi connectivity index (χ1) is 12.8. The molecule has 6 heteroatoms. The van der Waals surface area contributed by atoms with Gasteiger partial charge in [-0.2, -0.15) is 0 Å². The van der Waals surface area contributed by atoms with Gasteiger partial charge in [0.15, 0.2) is 0 Å². The molecule has 4 rings (SSSR count). The van der Waals surface area contributed by atoms with Crippen LogP contribution in [0.1, 0.15) is 62.1 Å². The highest BCUT2D eigenvalue weighted by Gasteiger charge is 2.38. The maximum absolute atomic E-state index is 12.7. The molecule has 2 aliphatic rings. The van der Waals surface area contributed by atoms with E-state index in [9.17, 15) is 9.90 Å². The van der Waals surface area contributed by atoms with E-state index in [0.717, 1.165) is 29.6 Å². The molecule has 2 aromatic heterocycles. The fourth-order valence-corrected chi connectivity index (χ4v) is 3.64. The Labute approximate surface area is 157 Å². The van der Waals surface area contributed by atoms with Gasteiger partial charge in [-0.15, -0.1) is 10.2 Å². The van der Waals surface area contributed by atoms with Crippen LogP contribution in [-0.4, -0.2) is 25.5 Å². The standard InChI is InChI=1S/C21H23N3O3/c1-5-16-22-23-19(27-16)17-12(2)10-15-18(17)13(11-24(4)20(15)25)8-9-21(3,26)14-6-7-14/h11,14,26H,5-7,10H2,1-4H3. The molecule has 0 spiro atoms. The van der Waals surface area contributed by atoms with Gasteiger partial charge in [-0.25, -0.2) is 0 Å². The summed E-state index contributed by atoms with van der Waals surface area (Å²) in [5, 5.41) is 18.8. The topological polar surface area (TPSA) is 81.2 Å². The summed E-state index contributed by atoms with van der Waals surface area (Å²) in [6.45, 7) is 5.68. The molecule has 0 saturated heterocycles. The third kappa shape index (κ3) is 3.02. The summed E-state index contributed by atoms with van der Waals surface area (Å²) < 4.78 is 7.33. The average molecular weight is 365 g/mol. The van der Waals surface area contributed by atoms with Crippen LogP contribution in [0.25, 0.3) is 5.57 Å². The minimum absolute atomic E-state index is 0.0471. The summed E-state index contributed by atoms with van der Waals surface area (Å²) in [6.07, 6.45) is 4.92. The molecule has 2 heterocycles. The number of hydrogen-bond acceptors (Lipinski definition) is 5. The van der Waals surface area contributed by atoms with Gasteiger partial charge in [0.1, 0.15) is 5.60 Å². The van der Waals surface area contributed by atoms with Gasteiger partial charge in [0, 0.05) is 48.3 Å². The quantitative estimate of drug-likeness (QED) is 0.844. The summed E-state index contributed by atoms with van der Waals surface area (Å²) >= 11 is 0. The number of aromatic nitrogens is 3. The van der Waals surface area contributed by atoms with Crippen LogP contribution < -0.4 is 5.56 Å². The number of hydrogen-bond donors (Lipinski definition) is 1. The van der Waals surface area contributed by atoms with Crippen molar-refractivity contribution in [1.29, 1.82) is 0 Å². The molecule has 1 fully saturated rings. The van der Waals surface area contributed by atoms with Crippen LogP contribution in [0.5, 0.6) is 0 Å². The fourth-order valence-electron chi connectivity index (χ4n) is 3.64. The summed E-state index contributed by atoms with van der Waals surface area (Å²) in [5.74, 6) is 7.36. The molecule has 140 valence electrons. The molecule has 27 heavy (non-hydrogen) atoms. The minimum Gasteiger partial charge on any atom is -0.421 e. The van der Waals surface area contributed by atoms with Crippen LogP contribution in [0, 0.1) is 17.8 Å². The Morgan fingerprint density at radius 2 is 2.15 bits per heavy atom. The van der Waals surface area contributed by atoms with Gasteiger partial charge >= 0.3 is 0 Å². The second-order valence-electron chi connectivity index (χ2n) is 7.67. The molecule has 0 aliphatic heterocycles. The molecule has 1 unspecified atom stereocenters. The van der Waals surface area contributed by atoms with Crippen molar-refractivity contribution in [3.63, 3.8) is 0 Å². The third-order valence-corrected chi connectivity index (χ3v) is 5.40. The highest BCUT2D eigenvalue weighted by Crippen LogP contribution is 2.40. The van der Waals surface area contributed by atoms with Crippen molar-refractivity contribution in [3.8, 4) is 11.8 Å². The zero-order valence-electron chi connectivity index (χ0n) is 16.1. The molecular weight excluding hydrogens is 342 g/mol. The van der Waals surface area contributed by atoms with E-state index in [4.69, 9.17) is 4.42 Å². The summed E-state index contributed by atoms with van der Waals surface area (Å²) in [6, 6.07) is 0. The number of aliphatic hydroxyl groups is 1. The Bertz CT molecular complexity index is 1070. The Balaban J connectivity index is 1.88. The van der Waals surface area contributed by atoms with E-state index in [2.05, 4.69) is 22.0 Å². The number of aryl methyl sites for hydroxylation is 2. The number of pyridine rings is 1. The van der Waals surface area contributed by atoms with Crippen LogP contribution in [-0.2, 0) is 19.9 Å². The van der Waals surface area contributed by atoms with E-state index in [-0.39, 0.29) is 11.5 Å². The lowest BCUT2D eigenvalue weighted by Gasteiger charge is -2.15. The van der Waals surface area contributed by atoms with Gasteiger partial charge in [-0.3, -0.25) is 4.79 Å². The van der Waals surface area contributed by atoms with E-state index < -0.39 is 5.60 Å². The Hall–Kier alpha value is -2.65. The first-order valence-electron chi connectivity index (χ1n) is 9.32. The van der Waals surface area contributed by atoms with Crippen molar-refractivity contribution < 1.29 is 9.52 Å². The summed E-state index contributed by atoms with van der Waals surface area (Å²) in [4.78, 5) is 12.7. The first kappa shape index (κ1) is 17.7. The van der Waals surface area contributed by atoms with Crippen molar-refractivity contribution in [1.82, 2.24) is 14.8 Å². The molecule has 0 aromatic carbocycles. The molecule has 2 aliphatic carbocycles. The molecule has 1 saturated carbocycles. The van der Waals surface area contributed by atoms with Gasteiger partial charge < -0.3 is 14.1 Å². The van der Waals surface area contributed by atoms with Crippen molar-refractivity contribution in [2.24, 2.45) is 13.0 Å². The molecular formula is C21H23N3O3. The predicted octanol–water partition coefficient (Wildman–Crippen LogP) is 2.22. The van der Waals surface area contributed by atoms with Gasteiger partial charge in [-0.05, 0) is 32.6 Å². The lowest BCUT2D eigenvalue weighted by atomic mass is 9.98. The van der Waals surface area contributed by atoms with Crippen molar-refractivity contribution in [3.05, 3.63) is 50.6 Å². The highest BCUT2D eigenvalue weighted by atomic mass is 16.4. The molecule has 0 bridgehead atoms. The molecule has 0 radical (unpaired) electrons. The Kier molecular flexibility index (Phi) is 4.08. The highest BCUT2D eigenvalue weighted by molar-refractivity contribution is 5.86. The number of fused-ring (bicyclic) bond motifs is 1. The summed E-state index contributed by atoms with van der Waals surface area (Å²) in [5.41, 5.74) is 2.91. The maximum atomic E-state index is 12.7. The van der Waals surface area contributed by atoms with Crippen LogP contribution >= 0.6 is 0 Å². The predicted molar refractivity (Wildman–Crippen MR) is 101 cm³/mol. The molecule has 6 nitrogen and oxygen atoms in total. The number of allylic oxidation sites excluding steroid dienone is 1. The lowest BCUT2D eigenvalue weighted by molar-refractivity contribution is 0.0980. The van der Waals surface area contributed by atoms with E-state index in [1.54, 1.807) is 24.7 Å².